The van der Waals surface area contributed by atoms with Crippen molar-refractivity contribution in [2.75, 3.05) is 13.6 Å². The van der Waals surface area contributed by atoms with E-state index in [2.05, 4.69) is 25.2 Å². The van der Waals surface area contributed by atoms with E-state index < -0.39 is 12.3 Å². The summed E-state index contributed by atoms with van der Waals surface area (Å²) in [5, 5.41) is 10.8. The largest absolute Gasteiger partial charge is 0.469 e. The number of fused-ring (bicyclic) bond motifs is 1. The molecule has 0 radical (unpaired) electrons. The van der Waals surface area contributed by atoms with Gasteiger partial charge in [0.15, 0.2) is 5.76 Å². The van der Waals surface area contributed by atoms with Crippen LogP contribution in [0.2, 0.25) is 0 Å². The van der Waals surface area contributed by atoms with Gasteiger partial charge in [-0.05, 0) is 30.8 Å². The summed E-state index contributed by atoms with van der Waals surface area (Å²) in [5.41, 5.74) is 2.09. The van der Waals surface area contributed by atoms with Crippen molar-refractivity contribution in [2.24, 2.45) is 0 Å². The van der Waals surface area contributed by atoms with Crippen LogP contribution in [0.5, 0.6) is 5.88 Å². The summed E-state index contributed by atoms with van der Waals surface area (Å²) in [6.45, 7) is 1.84. The topological polar surface area (TPSA) is 90.3 Å². The molecule has 1 aliphatic heterocycles. The highest BCUT2D eigenvalue weighted by atomic mass is 19.3. The molecule has 0 bridgehead atoms. The molecule has 0 amide bonds. The summed E-state index contributed by atoms with van der Waals surface area (Å²) < 4.78 is 40.9. The molecule has 0 saturated carbocycles. The number of likely N-dealkylation sites (N-methyl/N-ethyl adjacent to an activating group) is 1. The number of rotatable bonds is 5. The Balaban J connectivity index is 1.42. The first-order valence-electron chi connectivity index (χ1n) is 7.96. The fourth-order valence-electron chi connectivity index (χ4n) is 2.66. The molecule has 3 aromatic rings. The minimum absolute atomic E-state index is 0.00467. The fraction of sp³-hybridized carbons (Fsp3) is 0.375. The first-order valence-corrected chi connectivity index (χ1v) is 7.96. The molecule has 0 atom stereocenters. The molecule has 0 fully saturated rings. The van der Waals surface area contributed by atoms with E-state index in [9.17, 15) is 8.78 Å². The number of hydrogen-bond donors (Lipinski definition) is 0. The molecule has 0 aliphatic carbocycles. The highest BCUT2D eigenvalue weighted by Crippen LogP contribution is 2.27. The summed E-state index contributed by atoms with van der Waals surface area (Å²) >= 11 is 0. The number of pyridine rings is 1. The van der Waals surface area contributed by atoms with Gasteiger partial charge in [-0.15, -0.1) is 10.2 Å². The fourth-order valence-corrected chi connectivity index (χ4v) is 2.66. The van der Waals surface area contributed by atoms with Gasteiger partial charge in [0.25, 0.3) is 11.8 Å². The highest BCUT2D eigenvalue weighted by Gasteiger charge is 2.23. The molecular weight excluding hydrogens is 348 g/mol. The number of ether oxygens (including phenoxy) is 1. The minimum Gasteiger partial charge on any atom is -0.469 e. The molecule has 4 heterocycles. The summed E-state index contributed by atoms with van der Waals surface area (Å²) in [7, 11) is 2.02. The third kappa shape index (κ3) is 3.27. The van der Waals surface area contributed by atoms with Crippen LogP contribution in [0.15, 0.2) is 27.3 Å². The lowest BCUT2D eigenvalue weighted by Crippen LogP contribution is -2.25. The second kappa shape index (κ2) is 6.79. The summed E-state index contributed by atoms with van der Waals surface area (Å²) in [5.74, 6) is 0.588. The maximum absolute atomic E-state index is 12.5. The van der Waals surface area contributed by atoms with Crippen LogP contribution in [0.3, 0.4) is 0 Å². The highest BCUT2D eigenvalue weighted by molar-refractivity contribution is 5.50. The van der Waals surface area contributed by atoms with Crippen molar-refractivity contribution in [3.63, 3.8) is 0 Å². The van der Waals surface area contributed by atoms with E-state index in [-0.39, 0.29) is 12.5 Å². The number of aromatic nitrogens is 4. The summed E-state index contributed by atoms with van der Waals surface area (Å²) in [6.07, 6.45) is -0.514. The molecule has 26 heavy (non-hydrogen) atoms. The van der Waals surface area contributed by atoms with Crippen LogP contribution in [0, 0.1) is 0 Å². The Morgan fingerprint density at radius 3 is 2.92 bits per heavy atom. The molecule has 4 rings (SSSR count). The number of halogens is 2. The quantitative estimate of drug-likeness (QED) is 0.683. The van der Waals surface area contributed by atoms with Crippen molar-refractivity contribution < 1.29 is 22.5 Å². The molecule has 0 saturated heterocycles. The van der Waals surface area contributed by atoms with Gasteiger partial charge in [-0.1, -0.05) is 0 Å². The Morgan fingerprint density at radius 1 is 1.31 bits per heavy atom. The van der Waals surface area contributed by atoms with Gasteiger partial charge in [-0.2, -0.15) is 8.78 Å². The van der Waals surface area contributed by atoms with Crippen molar-refractivity contribution >= 4 is 0 Å². The first-order chi connectivity index (χ1) is 12.6. The van der Waals surface area contributed by atoms with Gasteiger partial charge in [0.1, 0.15) is 6.61 Å². The van der Waals surface area contributed by atoms with Gasteiger partial charge in [0, 0.05) is 12.7 Å². The molecule has 0 spiro atoms. The number of alkyl halides is 2. The monoisotopic (exact) mass is 363 g/mol. The van der Waals surface area contributed by atoms with E-state index in [4.69, 9.17) is 13.7 Å². The van der Waals surface area contributed by atoms with Gasteiger partial charge < -0.3 is 13.7 Å². The van der Waals surface area contributed by atoms with E-state index in [0.717, 1.165) is 24.3 Å². The van der Waals surface area contributed by atoms with Gasteiger partial charge in [-0.3, -0.25) is 9.88 Å². The molecular formula is C16H15F2N5O3. The van der Waals surface area contributed by atoms with Crippen LogP contribution in [0.1, 0.15) is 29.3 Å². The first kappa shape index (κ1) is 16.6. The van der Waals surface area contributed by atoms with Crippen LogP contribution in [0.4, 0.5) is 8.78 Å². The van der Waals surface area contributed by atoms with Crippen LogP contribution in [-0.2, 0) is 19.6 Å². The van der Waals surface area contributed by atoms with Crippen molar-refractivity contribution in [3.8, 4) is 17.3 Å². The third-order valence-electron chi connectivity index (χ3n) is 4.05. The Kier molecular flexibility index (Phi) is 4.33. The molecule has 3 aromatic heterocycles. The molecule has 0 unspecified atom stereocenters. The van der Waals surface area contributed by atoms with Crippen molar-refractivity contribution in [3.05, 3.63) is 41.2 Å². The average Bonchev–Trinajstić information content (AvgIpc) is 3.27. The van der Waals surface area contributed by atoms with Crippen LogP contribution < -0.4 is 4.74 Å². The van der Waals surface area contributed by atoms with Crippen molar-refractivity contribution in [1.29, 1.82) is 0 Å². The predicted molar refractivity (Wildman–Crippen MR) is 83.4 cm³/mol. The van der Waals surface area contributed by atoms with Crippen molar-refractivity contribution in [1.82, 2.24) is 25.2 Å². The maximum Gasteiger partial charge on any atom is 0.314 e. The second-order valence-electron chi connectivity index (χ2n) is 5.95. The second-order valence-corrected chi connectivity index (χ2v) is 5.95. The lowest BCUT2D eigenvalue weighted by Gasteiger charge is -2.20. The van der Waals surface area contributed by atoms with Crippen LogP contribution >= 0.6 is 0 Å². The molecule has 10 heteroatoms. The summed E-state index contributed by atoms with van der Waals surface area (Å²) in [4.78, 5) is 6.37. The average molecular weight is 363 g/mol. The Morgan fingerprint density at radius 2 is 2.19 bits per heavy atom. The van der Waals surface area contributed by atoms with E-state index >= 15 is 0 Å². The molecule has 0 aromatic carbocycles. The zero-order chi connectivity index (χ0) is 18.1. The van der Waals surface area contributed by atoms with E-state index in [0.29, 0.717) is 23.7 Å². The van der Waals surface area contributed by atoms with Gasteiger partial charge in [0.05, 0.1) is 23.4 Å². The lowest BCUT2D eigenvalue weighted by molar-refractivity contribution is 0.116. The summed E-state index contributed by atoms with van der Waals surface area (Å²) in [6, 6.07) is 3.35. The van der Waals surface area contributed by atoms with Crippen molar-refractivity contribution in [2.45, 2.75) is 26.0 Å². The zero-order valence-electron chi connectivity index (χ0n) is 13.9. The van der Waals surface area contributed by atoms with Gasteiger partial charge >= 0.3 is 6.43 Å². The third-order valence-corrected chi connectivity index (χ3v) is 4.05. The number of hydrogen-bond acceptors (Lipinski definition) is 8. The Labute approximate surface area is 146 Å². The smallest absolute Gasteiger partial charge is 0.314 e. The zero-order valence-corrected chi connectivity index (χ0v) is 13.9. The van der Waals surface area contributed by atoms with E-state index in [1.165, 1.54) is 6.20 Å². The minimum atomic E-state index is -2.80. The molecule has 136 valence electrons. The molecule has 1 aliphatic rings. The predicted octanol–water partition coefficient (Wildman–Crippen LogP) is 2.62. The van der Waals surface area contributed by atoms with Gasteiger partial charge in [0.2, 0.25) is 5.89 Å². The SMILES string of the molecule is CN1CCc2c(OCc3ccc(-c4nnc(C(F)F)o4)cn3)noc2C1. The number of nitrogens with zero attached hydrogens (tertiary/aromatic N) is 5. The standard InChI is InChI=1S/C16H15F2N5O3/c1-23-5-4-11-12(7-23)26-22-15(11)24-8-10-3-2-9(6-19-10)14-20-21-16(25-14)13(17)18/h2-3,6,13H,4-5,7-8H2,1H3. The Bertz CT molecular complexity index is 894. The maximum atomic E-state index is 12.5. The Hall–Kier alpha value is -2.88. The van der Waals surface area contributed by atoms with Crippen LogP contribution in [-0.4, -0.2) is 38.8 Å². The molecule has 8 nitrogen and oxygen atoms in total. The van der Waals surface area contributed by atoms with Gasteiger partial charge in [-0.25, -0.2) is 0 Å². The van der Waals surface area contributed by atoms with Crippen LogP contribution in [0.25, 0.3) is 11.5 Å². The molecule has 0 N–H and O–H groups in total. The normalized spacial score (nSPS) is 14.6. The van der Waals surface area contributed by atoms with E-state index in [1.54, 1.807) is 12.1 Å². The lowest BCUT2D eigenvalue weighted by atomic mass is 10.1. The van der Waals surface area contributed by atoms with E-state index in [1.807, 2.05) is 7.05 Å².